The molecule has 0 saturated carbocycles. The van der Waals surface area contributed by atoms with Gasteiger partial charge in [0.2, 0.25) is 5.91 Å². The van der Waals surface area contributed by atoms with Crippen LogP contribution in [0.15, 0.2) is 11.6 Å². The number of nitrogens with zero attached hydrogens (tertiary/aromatic N) is 3. The van der Waals surface area contributed by atoms with Crippen LogP contribution in [-0.2, 0) is 22.3 Å². The average molecular weight is 362 g/mol. The van der Waals surface area contributed by atoms with Crippen LogP contribution in [0.4, 0.5) is 0 Å². The van der Waals surface area contributed by atoms with Crippen LogP contribution in [0.2, 0.25) is 0 Å². The molecule has 0 spiro atoms. The summed E-state index contributed by atoms with van der Waals surface area (Å²) in [7, 11) is 0. The lowest BCUT2D eigenvalue weighted by Crippen LogP contribution is -2.47. The summed E-state index contributed by atoms with van der Waals surface area (Å²) in [6, 6.07) is 0. The Morgan fingerprint density at radius 1 is 1.48 bits per heavy atom. The van der Waals surface area contributed by atoms with Crippen molar-refractivity contribution in [2.24, 2.45) is 0 Å². The number of nitrogens with one attached hydrogen (secondary N) is 2. The molecule has 1 unspecified atom stereocenters. The van der Waals surface area contributed by atoms with Crippen LogP contribution in [0.5, 0.6) is 0 Å². The Hall–Kier alpha value is -1.73. The molecule has 0 bridgehead atoms. The van der Waals surface area contributed by atoms with Gasteiger partial charge < -0.3 is 5.32 Å². The summed E-state index contributed by atoms with van der Waals surface area (Å²) in [6.07, 6.45) is 2.80. The predicted octanol–water partition coefficient (Wildman–Crippen LogP) is 2.71. The van der Waals surface area contributed by atoms with Gasteiger partial charge in [0.1, 0.15) is 10.5 Å². The van der Waals surface area contributed by atoms with Gasteiger partial charge in [-0.2, -0.15) is 5.10 Å². The fourth-order valence-electron chi connectivity index (χ4n) is 3.59. The lowest BCUT2D eigenvalue weighted by atomic mass is 9.89. The minimum absolute atomic E-state index is 0.00612. The molecule has 1 amide bonds. The van der Waals surface area contributed by atoms with Crippen molar-refractivity contribution < 1.29 is 4.79 Å². The van der Waals surface area contributed by atoms with Crippen LogP contribution in [0, 0.1) is 6.92 Å². The molecule has 7 heteroatoms. The number of hydrogen-bond donors (Lipinski definition) is 2. The topological polar surface area (TPSA) is 73.9 Å². The maximum Gasteiger partial charge on any atom is 0.217 e. The van der Waals surface area contributed by atoms with Crippen molar-refractivity contribution in [1.29, 1.82) is 0 Å². The van der Waals surface area contributed by atoms with Crippen molar-refractivity contribution in [3.05, 3.63) is 33.5 Å². The highest BCUT2D eigenvalue weighted by Crippen LogP contribution is 2.35. The zero-order valence-electron chi connectivity index (χ0n) is 15.6. The van der Waals surface area contributed by atoms with Gasteiger partial charge in [-0.05, 0) is 13.3 Å². The summed E-state index contributed by atoms with van der Waals surface area (Å²) in [5.41, 5.74) is 3.06. The summed E-state index contributed by atoms with van der Waals surface area (Å²) in [5.74, 6) is -0.00612. The van der Waals surface area contributed by atoms with E-state index in [0.717, 1.165) is 36.8 Å². The minimum atomic E-state index is -0.379. The Morgan fingerprint density at radius 3 is 2.84 bits per heavy atom. The molecule has 6 nitrogen and oxygen atoms in total. The molecule has 3 rings (SSSR count). The van der Waals surface area contributed by atoms with E-state index in [1.54, 1.807) is 18.3 Å². The van der Waals surface area contributed by atoms with Crippen LogP contribution < -0.4 is 5.32 Å². The number of hydrogen-bond acceptors (Lipinski definition) is 5. The van der Waals surface area contributed by atoms with Crippen molar-refractivity contribution in [3.8, 4) is 0 Å². The van der Waals surface area contributed by atoms with E-state index in [1.165, 1.54) is 11.3 Å². The van der Waals surface area contributed by atoms with Crippen molar-refractivity contribution in [2.75, 3.05) is 13.1 Å². The number of carbonyl (C=O) groups excluding carboxylic acids is 1. The Labute approximate surface area is 153 Å². The van der Waals surface area contributed by atoms with E-state index in [9.17, 15) is 4.79 Å². The number of likely N-dealkylation sites (tertiary alicyclic amines) is 1. The average Bonchev–Trinajstić information content (AvgIpc) is 3.19. The van der Waals surface area contributed by atoms with Crippen LogP contribution >= 0.6 is 11.3 Å². The molecule has 3 heterocycles. The molecule has 1 saturated heterocycles. The molecule has 2 N–H and O–H groups in total. The highest BCUT2D eigenvalue weighted by atomic mass is 32.1. The maximum absolute atomic E-state index is 11.8. The number of aromatic nitrogens is 3. The Bertz CT molecular complexity index is 760. The molecular weight excluding hydrogens is 334 g/mol. The SMILES string of the molecule is CC(=O)NC1(c2nc(C)cs2)CCN(Cc2cn[nH]c2C(C)(C)C)C1. The second-order valence-electron chi connectivity index (χ2n) is 8.04. The Morgan fingerprint density at radius 2 is 2.24 bits per heavy atom. The monoisotopic (exact) mass is 361 g/mol. The second kappa shape index (κ2) is 6.53. The van der Waals surface area contributed by atoms with Gasteiger partial charge in [0.05, 0.1) is 6.20 Å². The molecule has 2 aromatic heterocycles. The summed E-state index contributed by atoms with van der Waals surface area (Å²) < 4.78 is 0. The number of amides is 1. The summed E-state index contributed by atoms with van der Waals surface area (Å²) >= 11 is 1.63. The lowest BCUT2D eigenvalue weighted by molar-refractivity contribution is -0.120. The Balaban J connectivity index is 1.81. The smallest absolute Gasteiger partial charge is 0.217 e. The molecule has 0 radical (unpaired) electrons. The number of rotatable bonds is 4. The molecule has 0 aliphatic carbocycles. The normalized spacial score (nSPS) is 21.6. The van der Waals surface area contributed by atoms with Gasteiger partial charge >= 0.3 is 0 Å². The number of thiazole rings is 1. The Kier molecular flexibility index (Phi) is 4.72. The van der Waals surface area contributed by atoms with Crippen LogP contribution in [0.1, 0.15) is 56.1 Å². The zero-order valence-corrected chi connectivity index (χ0v) is 16.5. The molecule has 1 atom stereocenters. The van der Waals surface area contributed by atoms with Crippen LogP contribution in [0.25, 0.3) is 0 Å². The van der Waals surface area contributed by atoms with Gasteiger partial charge in [-0.15, -0.1) is 11.3 Å². The third-order valence-corrected chi connectivity index (χ3v) is 5.82. The van der Waals surface area contributed by atoms with Crippen molar-refractivity contribution in [1.82, 2.24) is 25.4 Å². The molecule has 1 aliphatic heterocycles. The van der Waals surface area contributed by atoms with Crippen molar-refractivity contribution in [3.63, 3.8) is 0 Å². The highest BCUT2D eigenvalue weighted by molar-refractivity contribution is 7.09. The molecule has 1 fully saturated rings. The first-order valence-corrected chi connectivity index (χ1v) is 9.54. The number of aryl methyl sites for hydroxylation is 1. The molecule has 136 valence electrons. The minimum Gasteiger partial charge on any atom is -0.343 e. The van der Waals surface area contributed by atoms with Gasteiger partial charge in [-0.25, -0.2) is 4.98 Å². The van der Waals surface area contributed by atoms with Gasteiger partial charge in [0.15, 0.2) is 0 Å². The van der Waals surface area contributed by atoms with Crippen molar-refractivity contribution >= 4 is 17.2 Å². The molecular formula is C18H27N5OS. The molecule has 25 heavy (non-hydrogen) atoms. The second-order valence-corrected chi connectivity index (χ2v) is 8.90. The first kappa shape index (κ1) is 18.1. The molecule has 0 aromatic carbocycles. The van der Waals surface area contributed by atoms with Gasteiger partial charge in [0.25, 0.3) is 0 Å². The summed E-state index contributed by atoms with van der Waals surface area (Å²) in [5, 5.41) is 13.6. The van der Waals surface area contributed by atoms with Crippen LogP contribution in [0.3, 0.4) is 0 Å². The number of H-pyrrole nitrogens is 1. The fourth-order valence-corrected chi connectivity index (χ4v) is 4.56. The zero-order chi connectivity index (χ0) is 18.2. The fraction of sp³-hybridized carbons (Fsp3) is 0.611. The van der Waals surface area contributed by atoms with Crippen molar-refractivity contribution in [2.45, 2.75) is 58.5 Å². The third-order valence-electron chi connectivity index (χ3n) is 4.65. The lowest BCUT2D eigenvalue weighted by Gasteiger charge is -2.28. The van der Waals surface area contributed by atoms with Crippen LogP contribution in [-0.4, -0.2) is 39.1 Å². The van der Waals surface area contributed by atoms with E-state index >= 15 is 0 Å². The molecule has 2 aromatic rings. The van der Waals surface area contributed by atoms with E-state index in [1.807, 2.05) is 13.1 Å². The van der Waals surface area contributed by atoms with E-state index < -0.39 is 0 Å². The van der Waals surface area contributed by atoms with Gasteiger partial charge in [-0.3, -0.25) is 14.8 Å². The first-order valence-electron chi connectivity index (χ1n) is 8.66. The third kappa shape index (κ3) is 3.77. The quantitative estimate of drug-likeness (QED) is 0.878. The van der Waals surface area contributed by atoms with Gasteiger partial charge in [-0.1, -0.05) is 20.8 Å². The van der Waals surface area contributed by atoms with E-state index in [0.29, 0.717) is 0 Å². The van der Waals surface area contributed by atoms with E-state index in [2.05, 4.69) is 51.5 Å². The molecule has 1 aliphatic rings. The first-order chi connectivity index (χ1) is 11.7. The number of aromatic amines is 1. The highest BCUT2D eigenvalue weighted by Gasteiger charge is 2.43. The predicted molar refractivity (Wildman–Crippen MR) is 99.5 cm³/mol. The maximum atomic E-state index is 11.8. The van der Waals surface area contributed by atoms with E-state index in [-0.39, 0.29) is 16.9 Å². The summed E-state index contributed by atoms with van der Waals surface area (Å²) in [4.78, 5) is 18.9. The standard InChI is InChI=1S/C18H27N5OS/c1-12-10-25-16(20-12)18(21-13(2)24)6-7-23(11-18)9-14-8-19-22-15(14)17(3,4)5/h8,10H,6-7,9,11H2,1-5H3,(H,19,22)(H,21,24). The summed E-state index contributed by atoms with van der Waals surface area (Å²) in [6.45, 7) is 12.7. The van der Waals surface area contributed by atoms with E-state index in [4.69, 9.17) is 0 Å². The number of carbonyl (C=O) groups is 1. The largest absolute Gasteiger partial charge is 0.343 e. The van der Waals surface area contributed by atoms with Gasteiger partial charge in [0, 0.05) is 54.3 Å².